The van der Waals surface area contributed by atoms with E-state index < -0.39 is 6.03 Å². The molecule has 1 aromatic heterocycles. The Morgan fingerprint density at radius 1 is 1.17 bits per heavy atom. The summed E-state index contributed by atoms with van der Waals surface area (Å²) < 4.78 is 5.70. The molecule has 190 valence electrons. The van der Waals surface area contributed by atoms with Crippen molar-refractivity contribution in [3.8, 4) is 5.75 Å². The topological polar surface area (TPSA) is 140 Å². The van der Waals surface area contributed by atoms with Gasteiger partial charge in [0.05, 0.1) is 24.9 Å². The Morgan fingerprint density at radius 2 is 1.86 bits per heavy atom. The molecule has 1 aliphatic heterocycles. The molecule has 0 spiro atoms. The van der Waals surface area contributed by atoms with Gasteiger partial charge in [0.1, 0.15) is 10.8 Å². The Kier molecular flexibility index (Phi) is 6.38. The number of hydrogen-bond donors (Lipinski definition) is 3. The monoisotopic (exact) mass is 511 g/mol. The molecule has 10 nitrogen and oxygen atoms in total. The van der Waals surface area contributed by atoms with Gasteiger partial charge in [0, 0.05) is 26.2 Å². The number of benzene rings is 1. The van der Waals surface area contributed by atoms with Crippen LogP contribution in [0.5, 0.6) is 5.75 Å². The van der Waals surface area contributed by atoms with Gasteiger partial charge >= 0.3 is 6.03 Å². The quantitative estimate of drug-likeness (QED) is 0.506. The number of rotatable bonds is 6. The number of methoxy groups -OCH3 is 1. The summed E-state index contributed by atoms with van der Waals surface area (Å²) in [7, 11) is 3.48. The lowest BCUT2D eigenvalue weighted by Crippen LogP contribution is -2.41. The van der Waals surface area contributed by atoms with Gasteiger partial charge in [0.15, 0.2) is 5.82 Å². The van der Waals surface area contributed by atoms with Crippen LogP contribution in [0.2, 0.25) is 5.02 Å². The molecular weight excluding hydrogens is 482 g/mol. The van der Waals surface area contributed by atoms with Gasteiger partial charge in [-0.3, -0.25) is 4.79 Å². The number of nitrogens with two attached hydrogens (primary N) is 2. The minimum absolute atomic E-state index is 0.141. The predicted molar refractivity (Wildman–Crippen MR) is 137 cm³/mol. The summed E-state index contributed by atoms with van der Waals surface area (Å²) in [5, 5.41) is 3.74. The maximum atomic E-state index is 12.1. The molecule has 2 bridgehead atoms. The van der Waals surface area contributed by atoms with Crippen molar-refractivity contribution >= 4 is 41.0 Å². The van der Waals surface area contributed by atoms with Crippen LogP contribution in [-0.2, 0) is 17.6 Å². The Hall–Kier alpha value is -3.53. The normalized spacial score (nSPS) is 24.2. The second-order valence-electron chi connectivity index (χ2n) is 9.59. The summed E-state index contributed by atoms with van der Waals surface area (Å²) >= 11 is 6.46. The van der Waals surface area contributed by atoms with Crippen molar-refractivity contribution in [2.75, 3.05) is 37.5 Å². The van der Waals surface area contributed by atoms with Crippen LogP contribution in [-0.4, -0.2) is 60.1 Å². The van der Waals surface area contributed by atoms with Crippen molar-refractivity contribution in [3.05, 3.63) is 46.6 Å². The molecule has 4 atom stereocenters. The highest BCUT2D eigenvalue weighted by Gasteiger charge is 2.47. The standard InChI is InChI=1S/C25H30ClN7O3/c1-32(18-10-13-5-7-33(24(28)35)8-6-14(13)11-19(18)36-2)25-29-12-17(26)23(31-25)30-21-16-4-3-15(9-16)20(21)22(27)34/h3-4,10-12,15-16,20-21H,5-9H2,1-2H3,(H2,27,34)(H2,28,35)(H,29,30,31)/t15-,16+,20+,21-/m1/s1. The van der Waals surface area contributed by atoms with Crippen LogP contribution < -0.4 is 26.4 Å². The molecule has 1 saturated carbocycles. The number of nitrogens with zero attached hydrogens (tertiary/aromatic N) is 4. The number of amides is 3. The number of nitrogens with one attached hydrogen (secondary N) is 1. The molecule has 5 N–H and O–H groups in total. The summed E-state index contributed by atoms with van der Waals surface area (Å²) in [4.78, 5) is 36.5. The lowest BCUT2D eigenvalue weighted by atomic mass is 9.88. The zero-order valence-corrected chi connectivity index (χ0v) is 21.0. The maximum absolute atomic E-state index is 12.1. The van der Waals surface area contributed by atoms with Crippen molar-refractivity contribution < 1.29 is 14.3 Å². The number of halogens is 1. The molecule has 0 saturated heterocycles. The lowest BCUT2D eigenvalue weighted by molar-refractivity contribution is -0.122. The van der Waals surface area contributed by atoms with Crippen molar-refractivity contribution in [3.63, 3.8) is 0 Å². The zero-order valence-electron chi connectivity index (χ0n) is 20.3. The fourth-order valence-electron chi connectivity index (χ4n) is 5.68. The second-order valence-corrected chi connectivity index (χ2v) is 10.00. The van der Waals surface area contributed by atoms with E-state index in [1.54, 1.807) is 18.2 Å². The first kappa shape index (κ1) is 24.2. The predicted octanol–water partition coefficient (Wildman–Crippen LogP) is 2.47. The molecule has 11 heteroatoms. The first-order valence-corrected chi connectivity index (χ1v) is 12.4. The maximum Gasteiger partial charge on any atom is 0.314 e. The van der Waals surface area contributed by atoms with Crippen LogP contribution in [0, 0.1) is 17.8 Å². The van der Waals surface area contributed by atoms with E-state index in [9.17, 15) is 9.59 Å². The molecule has 2 heterocycles. The van der Waals surface area contributed by atoms with Gasteiger partial charge in [-0.25, -0.2) is 9.78 Å². The van der Waals surface area contributed by atoms with Crippen LogP contribution in [0.15, 0.2) is 30.5 Å². The highest BCUT2D eigenvalue weighted by Crippen LogP contribution is 2.45. The van der Waals surface area contributed by atoms with E-state index in [0.717, 1.165) is 23.2 Å². The van der Waals surface area contributed by atoms with Gasteiger partial charge in [-0.2, -0.15) is 4.98 Å². The summed E-state index contributed by atoms with van der Waals surface area (Å²) in [6.45, 7) is 1.13. The first-order chi connectivity index (χ1) is 17.3. The summed E-state index contributed by atoms with van der Waals surface area (Å²) in [6.07, 6.45) is 8.02. The Bertz CT molecular complexity index is 1240. The molecule has 2 aliphatic carbocycles. The van der Waals surface area contributed by atoms with Crippen LogP contribution in [0.25, 0.3) is 0 Å². The van der Waals surface area contributed by atoms with Gasteiger partial charge in [-0.15, -0.1) is 0 Å². The van der Waals surface area contributed by atoms with Crippen molar-refractivity contribution in [2.24, 2.45) is 29.2 Å². The molecule has 2 aromatic rings. The average Bonchev–Trinajstić information content (AvgIpc) is 3.39. The summed E-state index contributed by atoms with van der Waals surface area (Å²) in [6, 6.07) is 3.47. The smallest absolute Gasteiger partial charge is 0.314 e. The van der Waals surface area contributed by atoms with Crippen LogP contribution in [0.3, 0.4) is 0 Å². The molecule has 0 unspecified atom stereocenters. The third kappa shape index (κ3) is 4.30. The van der Waals surface area contributed by atoms with Crippen molar-refractivity contribution in [2.45, 2.75) is 25.3 Å². The third-order valence-electron chi connectivity index (χ3n) is 7.60. The summed E-state index contributed by atoms with van der Waals surface area (Å²) in [5.74, 6) is 1.25. The van der Waals surface area contributed by atoms with E-state index in [4.69, 9.17) is 32.8 Å². The average molecular weight is 512 g/mol. The molecular formula is C25H30ClN7O3. The largest absolute Gasteiger partial charge is 0.495 e. The number of carbonyl (C=O) groups excluding carboxylic acids is 2. The molecule has 1 aromatic carbocycles. The minimum Gasteiger partial charge on any atom is -0.495 e. The van der Waals surface area contributed by atoms with E-state index in [-0.39, 0.29) is 29.7 Å². The van der Waals surface area contributed by atoms with Gasteiger partial charge in [0.25, 0.3) is 0 Å². The Balaban J connectivity index is 1.43. The molecule has 1 fully saturated rings. The summed E-state index contributed by atoms with van der Waals surface area (Å²) in [5.41, 5.74) is 14.2. The fourth-order valence-corrected chi connectivity index (χ4v) is 5.83. The molecule has 3 aliphatic rings. The van der Waals surface area contributed by atoms with Gasteiger partial charge in [-0.1, -0.05) is 23.8 Å². The molecule has 5 rings (SSSR count). The van der Waals surface area contributed by atoms with Gasteiger partial charge in [0.2, 0.25) is 11.9 Å². The number of anilines is 3. The van der Waals surface area contributed by atoms with Gasteiger partial charge < -0.3 is 31.3 Å². The van der Waals surface area contributed by atoms with Gasteiger partial charge in [-0.05, 0) is 54.4 Å². The first-order valence-electron chi connectivity index (χ1n) is 12.0. The fraction of sp³-hybridized carbons (Fsp3) is 0.440. The number of urea groups is 1. The zero-order chi connectivity index (χ0) is 25.6. The highest BCUT2D eigenvalue weighted by atomic mass is 35.5. The SMILES string of the molecule is COc1cc2c(cc1N(C)c1ncc(Cl)c(N[C@H]3[C@@H](C(N)=O)[C@@H]4C=C[C@H]3C4)n1)CCN(C(N)=O)CC2. The number of fused-ring (bicyclic) bond motifs is 3. The van der Waals surface area contributed by atoms with Crippen LogP contribution in [0.1, 0.15) is 17.5 Å². The Labute approximate surface area is 214 Å². The molecule has 36 heavy (non-hydrogen) atoms. The van der Waals surface area contributed by atoms with Crippen LogP contribution in [0.4, 0.5) is 22.2 Å². The van der Waals surface area contributed by atoms with E-state index in [1.807, 2.05) is 24.1 Å². The second kappa shape index (κ2) is 9.50. The lowest BCUT2D eigenvalue weighted by Gasteiger charge is -2.28. The van der Waals surface area contributed by atoms with E-state index in [0.29, 0.717) is 48.5 Å². The highest BCUT2D eigenvalue weighted by molar-refractivity contribution is 6.32. The number of allylic oxidation sites excluding steroid dienone is 1. The minimum atomic E-state index is -0.411. The third-order valence-corrected chi connectivity index (χ3v) is 7.88. The van der Waals surface area contributed by atoms with E-state index in [2.05, 4.69) is 22.5 Å². The molecule has 3 amide bonds. The van der Waals surface area contributed by atoms with Crippen molar-refractivity contribution in [1.29, 1.82) is 0 Å². The number of ether oxygens (including phenoxy) is 1. The molecule has 0 radical (unpaired) electrons. The number of aromatic nitrogens is 2. The van der Waals surface area contributed by atoms with Crippen molar-refractivity contribution in [1.82, 2.24) is 14.9 Å². The number of primary amides is 2. The van der Waals surface area contributed by atoms with E-state index in [1.165, 1.54) is 0 Å². The number of hydrogen-bond acceptors (Lipinski definition) is 7. The van der Waals surface area contributed by atoms with Crippen LogP contribution >= 0.6 is 11.6 Å². The Morgan fingerprint density at radius 3 is 2.53 bits per heavy atom. The number of carbonyl (C=O) groups is 2. The van der Waals surface area contributed by atoms with E-state index >= 15 is 0 Å².